The van der Waals surface area contributed by atoms with E-state index < -0.39 is 0 Å². The Balaban J connectivity index is 1.83. The highest BCUT2D eigenvalue weighted by Gasteiger charge is 2.17. The first-order valence-corrected chi connectivity index (χ1v) is 6.72. The number of rotatable bonds is 3. The molecule has 0 unspecified atom stereocenters. The van der Waals surface area contributed by atoms with Gasteiger partial charge in [0.05, 0.1) is 5.02 Å². The van der Waals surface area contributed by atoms with Gasteiger partial charge in [0.2, 0.25) is 0 Å². The van der Waals surface area contributed by atoms with E-state index in [2.05, 4.69) is 12.2 Å². The number of anilines is 1. The number of benzene rings is 1. The Morgan fingerprint density at radius 1 is 1.29 bits per heavy atom. The zero-order valence-corrected chi connectivity index (χ0v) is 10.9. The van der Waals surface area contributed by atoms with E-state index in [1.54, 1.807) is 6.07 Å². The smallest absolute Gasteiger partial charge is 0.143 e. The van der Waals surface area contributed by atoms with Crippen molar-refractivity contribution in [2.75, 3.05) is 11.9 Å². The molecule has 0 atom stereocenters. The van der Waals surface area contributed by atoms with Crippen LogP contribution < -0.4 is 5.32 Å². The van der Waals surface area contributed by atoms with E-state index in [1.807, 2.05) is 6.07 Å². The SMILES string of the molecule is CC1CCC(CNc2ccc(Cl)c(F)c2)CC1. The number of halogens is 2. The minimum Gasteiger partial charge on any atom is -0.385 e. The quantitative estimate of drug-likeness (QED) is 0.824. The molecule has 17 heavy (non-hydrogen) atoms. The zero-order valence-electron chi connectivity index (χ0n) is 10.2. The molecular weight excluding hydrogens is 237 g/mol. The Labute approximate surface area is 107 Å². The molecule has 0 aromatic heterocycles. The van der Waals surface area contributed by atoms with Gasteiger partial charge < -0.3 is 5.32 Å². The Bertz CT molecular complexity index is 372. The Morgan fingerprint density at radius 2 is 2.00 bits per heavy atom. The van der Waals surface area contributed by atoms with Gasteiger partial charge in [0.15, 0.2) is 0 Å². The summed E-state index contributed by atoms with van der Waals surface area (Å²) in [7, 11) is 0. The molecule has 1 aliphatic carbocycles. The molecule has 1 aromatic rings. The largest absolute Gasteiger partial charge is 0.385 e. The van der Waals surface area contributed by atoms with E-state index in [1.165, 1.54) is 31.7 Å². The third kappa shape index (κ3) is 3.60. The van der Waals surface area contributed by atoms with Gasteiger partial charge in [0.1, 0.15) is 5.82 Å². The molecule has 1 aromatic carbocycles. The molecule has 0 saturated heterocycles. The first-order chi connectivity index (χ1) is 8.15. The summed E-state index contributed by atoms with van der Waals surface area (Å²) in [5.41, 5.74) is 0.825. The molecule has 1 N–H and O–H groups in total. The summed E-state index contributed by atoms with van der Waals surface area (Å²) in [6.07, 6.45) is 5.21. The van der Waals surface area contributed by atoms with Crippen molar-refractivity contribution in [1.29, 1.82) is 0 Å². The third-order valence-corrected chi connectivity index (χ3v) is 3.96. The highest BCUT2D eigenvalue weighted by atomic mass is 35.5. The second-order valence-electron chi connectivity index (χ2n) is 5.14. The van der Waals surface area contributed by atoms with Crippen molar-refractivity contribution in [3.05, 3.63) is 29.0 Å². The van der Waals surface area contributed by atoms with Crippen LogP contribution in [-0.2, 0) is 0 Å². The maximum atomic E-state index is 13.2. The highest BCUT2D eigenvalue weighted by molar-refractivity contribution is 6.30. The number of hydrogen-bond donors (Lipinski definition) is 1. The lowest BCUT2D eigenvalue weighted by Gasteiger charge is -2.26. The predicted molar refractivity (Wildman–Crippen MR) is 71.0 cm³/mol. The average Bonchev–Trinajstić information content (AvgIpc) is 2.33. The van der Waals surface area contributed by atoms with Gasteiger partial charge in [-0.2, -0.15) is 0 Å². The maximum Gasteiger partial charge on any atom is 0.143 e. The predicted octanol–water partition coefficient (Wildman–Crippen LogP) is 4.72. The van der Waals surface area contributed by atoms with Crippen LogP contribution in [0.15, 0.2) is 18.2 Å². The monoisotopic (exact) mass is 255 g/mol. The van der Waals surface area contributed by atoms with Crippen LogP contribution in [0.4, 0.5) is 10.1 Å². The molecule has 3 heteroatoms. The first-order valence-electron chi connectivity index (χ1n) is 6.34. The van der Waals surface area contributed by atoms with E-state index in [0.29, 0.717) is 0 Å². The lowest BCUT2D eigenvalue weighted by molar-refractivity contribution is 0.300. The van der Waals surface area contributed by atoms with Crippen LogP contribution in [-0.4, -0.2) is 6.54 Å². The standard InChI is InChI=1S/C14H19ClFN/c1-10-2-4-11(5-3-10)9-17-12-6-7-13(15)14(16)8-12/h6-8,10-11,17H,2-5,9H2,1H3. The molecule has 1 fully saturated rings. The minimum absolute atomic E-state index is 0.182. The molecule has 2 rings (SSSR count). The average molecular weight is 256 g/mol. The molecule has 0 aliphatic heterocycles. The van der Waals surface area contributed by atoms with Gasteiger partial charge in [-0.25, -0.2) is 4.39 Å². The summed E-state index contributed by atoms with van der Waals surface area (Å²) in [6.45, 7) is 3.26. The second kappa shape index (κ2) is 5.72. The molecule has 0 radical (unpaired) electrons. The normalized spacial score (nSPS) is 24.6. The van der Waals surface area contributed by atoms with Crippen LogP contribution in [0.3, 0.4) is 0 Å². The van der Waals surface area contributed by atoms with Gasteiger partial charge in [0.25, 0.3) is 0 Å². The summed E-state index contributed by atoms with van der Waals surface area (Å²) in [4.78, 5) is 0. The fraction of sp³-hybridized carbons (Fsp3) is 0.571. The van der Waals surface area contributed by atoms with Crippen LogP contribution in [0.1, 0.15) is 32.6 Å². The van der Waals surface area contributed by atoms with Gasteiger partial charge in [0, 0.05) is 12.2 Å². The summed E-state index contributed by atoms with van der Waals surface area (Å²) < 4.78 is 13.2. The van der Waals surface area contributed by atoms with Crippen LogP contribution in [0.5, 0.6) is 0 Å². The van der Waals surface area contributed by atoms with Crippen molar-refractivity contribution < 1.29 is 4.39 Å². The highest BCUT2D eigenvalue weighted by Crippen LogP contribution is 2.28. The van der Waals surface area contributed by atoms with Crippen molar-refractivity contribution in [3.8, 4) is 0 Å². The summed E-state index contributed by atoms with van der Waals surface area (Å²) in [5.74, 6) is 1.25. The number of nitrogens with one attached hydrogen (secondary N) is 1. The van der Waals surface area contributed by atoms with E-state index >= 15 is 0 Å². The van der Waals surface area contributed by atoms with Gasteiger partial charge in [-0.3, -0.25) is 0 Å². The molecule has 0 heterocycles. The fourth-order valence-electron chi connectivity index (χ4n) is 2.40. The van der Waals surface area contributed by atoms with Crippen molar-refractivity contribution in [1.82, 2.24) is 0 Å². The Kier molecular flexibility index (Phi) is 4.27. The maximum absolute atomic E-state index is 13.2. The van der Waals surface area contributed by atoms with Crippen molar-refractivity contribution >= 4 is 17.3 Å². The fourth-order valence-corrected chi connectivity index (χ4v) is 2.52. The topological polar surface area (TPSA) is 12.0 Å². The number of hydrogen-bond acceptors (Lipinski definition) is 1. The molecule has 1 saturated carbocycles. The lowest BCUT2D eigenvalue weighted by Crippen LogP contribution is -2.20. The molecule has 0 spiro atoms. The van der Waals surface area contributed by atoms with Crippen LogP contribution >= 0.6 is 11.6 Å². The van der Waals surface area contributed by atoms with Crippen molar-refractivity contribution in [2.45, 2.75) is 32.6 Å². The molecule has 0 amide bonds. The van der Waals surface area contributed by atoms with Gasteiger partial charge in [-0.05, 0) is 42.9 Å². The van der Waals surface area contributed by atoms with Crippen LogP contribution in [0.25, 0.3) is 0 Å². The van der Waals surface area contributed by atoms with Gasteiger partial charge in [-0.1, -0.05) is 31.4 Å². The Morgan fingerprint density at radius 3 is 2.65 bits per heavy atom. The molecule has 94 valence electrons. The summed E-state index contributed by atoms with van der Waals surface area (Å²) >= 11 is 5.64. The van der Waals surface area contributed by atoms with E-state index in [9.17, 15) is 4.39 Å². The van der Waals surface area contributed by atoms with Crippen molar-refractivity contribution in [2.24, 2.45) is 11.8 Å². The Hall–Kier alpha value is -0.760. The molecule has 1 nitrogen and oxygen atoms in total. The van der Waals surface area contributed by atoms with Gasteiger partial charge in [-0.15, -0.1) is 0 Å². The molecular formula is C14H19ClFN. The van der Waals surface area contributed by atoms with E-state index in [0.717, 1.165) is 24.1 Å². The van der Waals surface area contributed by atoms with Gasteiger partial charge >= 0.3 is 0 Å². The first kappa shape index (κ1) is 12.7. The zero-order chi connectivity index (χ0) is 12.3. The van der Waals surface area contributed by atoms with Crippen LogP contribution in [0, 0.1) is 17.7 Å². The van der Waals surface area contributed by atoms with Crippen LogP contribution in [0.2, 0.25) is 5.02 Å². The van der Waals surface area contributed by atoms with Crippen molar-refractivity contribution in [3.63, 3.8) is 0 Å². The van der Waals surface area contributed by atoms with E-state index in [-0.39, 0.29) is 10.8 Å². The minimum atomic E-state index is -0.353. The molecule has 1 aliphatic rings. The summed E-state index contributed by atoms with van der Waals surface area (Å²) in [5, 5.41) is 3.48. The molecule has 0 bridgehead atoms. The summed E-state index contributed by atoms with van der Waals surface area (Å²) in [6, 6.07) is 4.90. The second-order valence-corrected chi connectivity index (χ2v) is 5.54. The van der Waals surface area contributed by atoms with E-state index in [4.69, 9.17) is 11.6 Å². The third-order valence-electron chi connectivity index (χ3n) is 3.65. The lowest BCUT2D eigenvalue weighted by atomic mass is 9.83.